The molecule has 1 aromatic heterocycles. The first-order chi connectivity index (χ1) is 8.92. The van der Waals surface area contributed by atoms with Gasteiger partial charge in [0.25, 0.3) is 0 Å². The van der Waals surface area contributed by atoms with Crippen molar-refractivity contribution in [3.8, 4) is 5.69 Å². The Kier molecular flexibility index (Phi) is 2.20. The SMILES string of the molecule is c1cnn(-c2ccc3c(c2)SN2CCCN=C32)c1. The molecule has 0 unspecified atom stereocenters. The molecule has 4 nitrogen and oxygen atoms in total. The Morgan fingerprint density at radius 2 is 2.28 bits per heavy atom. The standard InChI is InChI=1S/C13H12N4S/c1-5-14-13-11-4-3-10(16-7-2-6-15-16)9-12(11)18-17(13)8-1/h2-4,6-7,9H,1,5,8H2. The van der Waals surface area contributed by atoms with Crippen LogP contribution < -0.4 is 0 Å². The summed E-state index contributed by atoms with van der Waals surface area (Å²) in [6.45, 7) is 2.04. The molecule has 0 N–H and O–H groups in total. The third kappa shape index (κ3) is 1.47. The summed E-state index contributed by atoms with van der Waals surface area (Å²) in [5.74, 6) is 1.15. The highest BCUT2D eigenvalue weighted by Crippen LogP contribution is 2.38. The molecule has 4 rings (SSSR count). The second-order valence-electron chi connectivity index (χ2n) is 4.38. The number of nitrogens with zero attached hydrogens (tertiary/aromatic N) is 4. The van der Waals surface area contributed by atoms with E-state index < -0.39 is 0 Å². The third-order valence-electron chi connectivity index (χ3n) is 3.20. The summed E-state index contributed by atoms with van der Waals surface area (Å²) in [7, 11) is 0. The van der Waals surface area contributed by atoms with Crippen molar-refractivity contribution < 1.29 is 0 Å². The lowest BCUT2D eigenvalue weighted by molar-refractivity contribution is 0.603. The molecule has 2 aliphatic rings. The first-order valence-corrected chi connectivity index (χ1v) is 6.83. The zero-order valence-electron chi connectivity index (χ0n) is 9.78. The Morgan fingerprint density at radius 1 is 1.28 bits per heavy atom. The van der Waals surface area contributed by atoms with Crippen molar-refractivity contribution in [2.45, 2.75) is 11.3 Å². The van der Waals surface area contributed by atoms with Crippen molar-refractivity contribution in [3.63, 3.8) is 0 Å². The molecular formula is C13H12N4S. The minimum Gasteiger partial charge on any atom is -0.296 e. The Balaban J connectivity index is 1.79. The van der Waals surface area contributed by atoms with Gasteiger partial charge in [0, 0.05) is 35.9 Å². The Labute approximate surface area is 109 Å². The lowest BCUT2D eigenvalue weighted by atomic mass is 10.1. The van der Waals surface area contributed by atoms with Gasteiger partial charge in [0.05, 0.1) is 5.69 Å². The first kappa shape index (κ1) is 10.2. The molecule has 0 bridgehead atoms. The highest BCUT2D eigenvalue weighted by molar-refractivity contribution is 7.98. The van der Waals surface area contributed by atoms with Crippen molar-refractivity contribution in [1.29, 1.82) is 0 Å². The predicted octanol–water partition coefficient (Wildman–Crippen LogP) is 2.35. The van der Waals surface area contributed by atoms with Gasteiger partial charge in [0.1, 0.15) is 5.84 Å². The van der Waals surface area contributed by atoms with Crippen molar-refractivity contribution in [2.24, 2.45) is 4.99 Å². The topological polar surface area (TPSA) is 33.4 Å². The fraction of sp³-hybridized carbons (Fsp3) is 0.231. The fourth-order valence-corrected chi connectivity index (χ4v) is 3.48. The van der Waals surface area contributed by atoms with Gasteiger partial charge in [-0.1, -0.05) is 0 Å². The zero-order valence-corrected chi connectivity index (χ0v) is 10.6. The minimum absolute atomic E-state index is 0.951. The number of benzene rings is 1. The van der Waals surface area contributed by atoms with E-state index in [0.29, 0.717) is 0 Å². The molecule has 0 spiro atoms. The number of hydrogen-bond acceptors (Lipinski definition) is 4. The highest BCUT2D eigenvalue weighted by atomic mass is 32.2. The van der Waals surface area contributed by atoms with Gasteiger partial charge in [-0.05, 0) is 42.6 Å². The van der Waals surface area contributed by atoms with Gasteiger partial charge in [-0.25, -0.2) is 4.68 Å². The maximum Gasteiger partial charge on any atom is 0.142 e. The van der Waals surface area contributed by atoms with E-state index in [2.05, 4.69) is 32.6 Å². The van der Waals surface area contributed by atoms with E-state index in [9.17, 15) is 0 Å². The average molecular weight is 256 g/mol. The van der Waals surface area contributed by atoms with Crippen molar-refractivity contribution in [2.75, 3.05) is 13.1 Å². The van der Waals surface area contributed by atoms with Gasteiger partial charge in [-0.15, -0.1) is 0 Å². The summed E-state index contributed by atoms with van der Waals surface area (Å²) in [4.78, 5) is 5.91. The molecule has 0 amide bonds. The molecule has 1 aromatic carbocycles. The van der Waals surface area contributed by atoms with E-state index in [-0.39, 0.29) is 0 Å². The van der Waals surface area contributed by atoms with Gasteiger partial charge in [-0.2, -0.15) is 5.10 Å². The predicted molar refractivity (Wildman–Crippen MR) is 72.1 cm³/mol. The van der Waals surface area contributed by atoms with Crippen LogP contribution in [0.4, 0.5) is 0 Å². The summed E-state index contributed by atoms with van der Waals surface area (Å²) in [6, 6.07) is 8.39. The Morgan fingerprint density at radius 3 is 3.17 bits per heavy atom. The van der Waals surface area contributed by atoms with Crippen molar-refractivity contribution in [3.05, 3.63) is 42.2 Å². The lowest BCUT2D eigenvalue weighted by Gasteiger charge is -2.20. The summed E-state index contributed by atoms with van der Waals surface area (Å²) < 4.78 is 4.18. The Bertz CT molecular complexity index is 618. The number of aromatic nitrogens is 2. The van der Waals surface area contributed by atoms with Crippen LogP contribution in [0.1, 0.15) is 12.0 Å². The number of rotatable bonds is 1. The van der Waals surface area contributed by atoms with E-state index >= 15 is 0 Å². The number of aliphatic imine (C=N–C) groups is 1. The van der Waals surface area contributed by atoms with Crippen LogP contribution in [-0.4, -0.2) is 33.0 Å². The first-order valence-electron chi connectivity index (χ1n) is 6.06. The van der Waals surface area contributed by atoms with E-state index in [0.717, 1.165) is 31.0 Å². The van der Waals surface area contributed by atoms with Gasteiger partial charge in [0.2, 0.25) is 0 Å². The second kappa shape index (κ2) is 3.88. The van der Waals surface area contributed by atoms with E-state index in [4.69, 9.17) is 0 Å². The van der Waals surface area contributed by atoms with E-state index in [1.807, 2.05) is 16.9 Å². The van der Waals surface area contributed by atoms with Crippen LogP contribution in [0.3, 0.4) is 0 Å². The second-order valence-corrected chi connectivity index (χ2v) is 5.45. The summed E-state index contributed by atoms with van der Waals surface area (Å²) in [5.41, 5.74) is 2.36. The maximum absolute atomic E-state index is 4.62. The quantitative estimate of drug-likeness (QED) is 0.734. The molecule has 18 heavy (non-hydrogen) atoms. The monoisotopic (exact) mass is 256 g/mol. The molecule has 90 valence electrons. The normalized spacial score (nSPS) is 17.3. The van der Waals surface area contributed by atoms with Crippen LogP contribution >= 0.6 is 11.9 Å². The highest BCUT2D eigenvalue weighted by Gasteiger charge is 2.28. The molecule has 0 saturated heterocycles. The lowest BCUT2D eigenvalue weighted by Crippen LogP contribution is -2.26. The number of hydrogen-bond donors (Lipinski definition) is 0. The summed E-state index contributed by atoms with van der Waals surface area (Å²) in [5, 5.41) is 4.27. The molecule has 2 aliphatic heterocycles. The molecule has 5 heteroatoms. The average Bonchev–Trinajstić information content (AvgIpc) is 3.05. The van der Waals surface area contributed by atoms with Gasteiger partial charge in [-0.3, -0.25) is 9.30 Å². The summed E-state index contributed by atoms with van der Waals surface area (Å²) >= 11 is 1.79. The van der Waals surface area contributed by atoms with E-state index in [1.54, 1.807) is 18.1 Å². The zero-order chi connectivity index (χ0) is 11.9. The molecule has 0 radical (unpaired) electrons. The Hall–Kier alpha value is -1.75. The van der Waals surface area contributed by atoms with Crippen LogP contribution in [0.15, 0.2) is 46.5 Å². The third-order valence-corrected chi connectivity index (χ3v) is 4.31. The number of fused-ring (bicyclic) bond motifs is 3. The summed E-state index contributed by atoms with van der Waals surface area (Å²) in [6.07, 6.45) is 4.91. The van der Waals surface area contributed by atoms with Crippen molar-refractivity contribution in [1.82, 2.24) is 14.1 Å². The smallest absolute Gasteiger partial charge is 0.142 e. The van der Waals surface area contributed by atoms with Gasteiger partial charge >= 0.3 is 0 Å². The minimum atomic E-state index is 0.951. The molecule has 2 aromatic rings. The molecule has 3 heterocycles. The molecule has 0 saturated carbocycles. The molecule has 0 aliphatic carbocycles. The van der Waals surface area contributed by atoms with Crippen molar-refractivity contribution >= 4 is 17.8 Å². The maximum atomic E-state index is 4.62. The van der Waals surface area contributed by atoms with Crippen LogP contribution in [-0.2, 0) is 0 Å². The van der Waals surface area contributed by atoms with Gasteiger partial charge in [0.15, 0.2) is 0 Å². The number of amidine groups is 1. The van der Waals surface area contributed by atoms with E-state index in [1.165, 1.54) is 10.5 Å². The molecule has 0 atom stereocenters. The molecule has 0 fully saturated rings. The van der Waals surface area contributed by atoms with Crippen LogP contribution in [0, 0.1) is 0 Å². The largest absolute Gasteiger partial charge is 0.296 e. The van der Waals surface area contributed by atoms with Crippen LogP contribution in [0.2, 0.25) is 0 Å². The molecular weight excluding hydrogens is 244 g/mol. The van der Waals surface area contributed by atoms with Gasteiger partial charge < -0.3 is 0 Å². The van der Waals surface area contributed by atoms with Crippen LogP contribution in [0.5, 0.6) is 0 Å². The fourth-order valence-electron chi connectivity index (χ4n) is 2.35. The van der Waals surface area contributed by atoms with Crippen LogP contribution in [0.25, 0.3) is 5.69 Å².